The molecule has 0 unspecified atom stereocenters. The molecule has 4 heterocycles. The largest absolute Gasteiger partial charge is 0.465 e. The van der Waals surface area contributed by atoms with Crippen LogP contribution >= 0.6 is 0 Å². The van der Waals surface area contributed by atoms with Crippen molar-refractivity contribution in [1.29, 1.82) is 0 Å². The van der Waals surface area contributed by atoms with E-state index < -0.39 is 0 Å². The Labute approximate surface area is 245 Å². The van der Waals surface area contributed by atoms with E-state index in [1.165, 1.54) is 5.56 Å². The first-order valence-electron chi connectivity index (χ1n) is 12.8. The molecule has 0 saturated carbocycles. The maximum absolute atomic E-state index is 6.31. The number of rotatable bonds is 2. The quantitative estimate of drug-likeness (QED) is 0.237. The Morgan fingerprint density at radius 3 is 2.59 bits per heavy atom. The minimum Gasteiger partial charge on any atom is -0.465 e. The maximum atomic E-state index is 6.31. The molecule has 0 fully saturated rings. The van der Waals surface area contributed by atoms with Crippen LogP contribution in [0.15, 0.2) is 48.8 Å². The Balaban J connectivity index is 0.000000750. The second kappa shape index (κ2) is 15.6. The molecule has 0 amide bonds. The molecule has 0 atom stereocenters. The van der Waals surface area contributed by atoms with Gasteiger partial charge in [0.2, 0.25) is 0 Å². The number of benzene rings is 1. The van der Waals surface area contributed by atoms with Gasteiger partial charge in [-0.1, -0.05) is 50.3 Å². The van der Waals surface area contributed by atoms with Gasteiger partial charge in [-0.15, -0.1) is 0 Å². The molecule has 195 valence electrons. The first-order chi connectivity index (χ1) is 17.6. The summed E-state index contributed by atoms with van der Waals surface area (Å²) in [7, 11) is 0. The Hall–Kier alpha value is -2.58. The number of nitrogens with two attached hydrogens (primary N) is 1. The predicted molar refractivity (Wildman–Crippen MR) is 147 cm³/mol. The van der Waals surface area contributed by atoms with E-state index in [0.717, 1.165) is 31.4 Å². The number of fused-ring (bicyclic) bond motifs is 5. The molecule has 9 heteroatoms. The van der Waals surface area contributed by atoms with Gasteiger partial charge in [-0.2, -0.15) is 18.8 Å². The van der Waals surface area contributed by atoms with Crippen molar-refractivity contribution in [3.8, 4) is 17.7 Å². The standard InChI is InChI=1S/C23H25N7O.C3H7.C2H6.Y/c1-2-31-23-26-18-19(24)27-20-22-25-11-13-29(22)12-6-4-3-5-8-16-9-7-10-17(14-16)15-30(23)21(18)28-20;1-3-2;1-2;/h3,5,7,9-11,13-14H,2,4,6,8,12,15H2,1H3,(H2,24,27,28);3H,1-2H3;1-2H3;/q;-1;;/b5-3+;;;. The molecular weight excluding hydrogens is 539 g/mol. The summed E-state index contributed by atoms with van der Waals surface area (Å²) in [6.45, 7) is 11.8. The summed E-state index contributed by atoms with van der Waals surface area (Å²) in [5.74, 6) is 1.53. The van der Waals surface area contributed by atoms with E-state index in [0.29, 0.717) is 47.8 Å². The third-order valence-corrected chi connectivity index (χ3v) is 5.40. The van der Waals surface area contributed by atoms with Crippen LogP contribution in [0.5, 0.6) is 6.01 Å². The molecule has 37 heavy (non-hydrogen) atoms. The van der Waals surface area contributed by atoms with Crippen molar-refractivity contribution in [2.24, 2.45) is 0 Å². The smallest absolute Gasteiger partial charge is 0.299 e. The van der Waals surface area contributed by atoms with Gasteiger partial charge in [0, 0.05) is 51.6 Å². The summed E-state index contributed by atoms with van der Waals surface area (Å²) in [4.78, 5) is 18.5. The van der Waals surface area contributed by atoms with Crippen molar-refractivity contribution >= 4 is 17.0 Å². The summed E-state index contributed by atoms with van der Waals surface area (Å²) in [6.07, 6.45) is 13.1. The number of nitrogen functional groups attached to an aromatic ring is 1. The Morgan fingerprint density at radius 2 is 1.84 bits per heavy atom. The number of imidazole rings is 2. The van der Waals surface area contributed by atoms with E-state index in [2.05, 4.69) is 55.9 Å². The van der Waals surface area contributed by atoms with Gasteiger partial charge in [0.15, 0.2) is 28.6 Å². The van der Waals surface area contributed by atoms with Gasteiger partial charge in [-0.3, -0.25) is 4.57 Å². The van der Waals surface area contributed by atoms with E-state index in [1.54, 1.807) is 6.20 Å². The third kappa shape index (κ3) is 7.71. The van der Waals surface area contributed by atoms with Crippen LogP contribution in [0.4, 0.5) is 5.82 Å². The van der Waals surface area contributed by atoms with Crippen molar-refractivity contribution in [2.75, 3.05) is 12.3 Å². The summed E-state index contributed by atoms with van der Waals surface area (Å²) < 4.78 is 9.87. The van der Waals surface area contributed by atoms with E-state index >= 15 is 0 Å². The van der Waals surface area contributed by atoms with Crippen LogP contribution in [-0.2, 0) is 52.2 Å². The number of aromatic nitrogens is 6. The normalized spacial score (nSPS) is 13.3. The monoisotopic (exact) mass is 577 g/mol. The van der Waals surface area contributed by atoms with Gasteiger partial charge in [0.05, 0.1) is 13.2 Å². The number of aryl methyl sites for hydroxylation is 1. The zero-order valence-electron chi connectivity index (χ0n) is 22.7. The first kappa shape index (κ1) is 30.6. The minimum atomic E-state index is 0. The molecule has 1 radical (unpaired) electrons. The van der Waals surface area contributed by atoms with Gasteiger partial charge in [-0.05, 0) is 37.3 Å². The van der Waals surface area contributed by atoms with E-state index in [1.807, 2.05) is 51.8 Å². The third-order valence-electron chi connectivity index (χ3n) is 5.40. The zero-order chi connectivity index (χ0) is 25.9. The van der Waals surface area contributed by atoms with E-state index in [9.17, 15) is 0 Å². The fourth-order valence-electron chi connectivity index (χ4n) is 3.93. The predicted octanol–water partition coefficient (Wildman–Crippen LogP) is 5.87. The molecule has 1 aliphatic heterocycles. The number of hydrogen-bond donors (Lipinski definition) is 1. The molecule has 5 rings (SSSR count). The van der Waals surface area contributed by atoms with Crippen LogP contribution in [0.3, 0.4) is 0 Å². The Bertz CT molecular complexity index is 1280. The average Bonchev–Trinajstić information content (AvgIpc) is 3.48. The van der Waals surface area contributed by atoms with Gasteiger partial charge < -0.3 is 21.5 Å². The number of ether oxygens (including phenoxy) is 1. The maximum Gasteiger partial charge on any atom is 0.299 e. The number of allylic oxidation sites excluding steroid dienone is 2. The zero-order valence-corrected chi connectivity index (χ0v) is 25.5. The molecule has 1 aromatic carbocycles. The SMILES string of the molecule is CC.CCOc1nc2c(N)nc3nc2n1Cc1cccc(c1)C/C=C/CCCn1ccnc1-3.C[CH-]C.[Y]. The molecule has 3 aromatic heterocycles. The average molecular weight is 578 g/mol. The van der Waals surface area contributed by atoms with Crippen LogP contribution in [0.1, 0.15) is 58.6 Å². The van der Waals surface area contributed by atoms with Crippen molar-refractivity contribution < 1.29 is 37.4 Å². The van der Waals surface area contributed by atoms with Crippen LogP contribution in [0, 0.1) is 6.42 Å². The van der Waals surface area contributed by atoms with Crippen molar-refractivity contribution in [3.05, 3.63) is 66.4 Å². The summed E-state index contributed by atoms with van der Waals surface area (Å²) in [5, 5.41) is 0. The number of hydrogen-bond acceptors (Lipinski definition) is 6. The molecule has 4 aromatic rings. The van der Waals surface area contributed by atoms with Crippen LogP contribution < -0.4 is 10.5 Å². The second-order valence-corrected chi connectivity index (χ2v) is 8.18. The van der Waals surface area contributed by atoms with Crippen LogP contribution in [0.2, 0.25) is 0 Å². The molecule has 4 bridgehead atoms. The molecule has 8 nitrogen and oxygen atoms in total. The van der Waals surface area contributed by atoms with Gasteiger partial charge in [0.25, 0.3) is 6.01 Å². The molecule has 0 aliphatic carbocycles. The minimum absolute atomic E-state index is 0. The van der Waals surface area contributed by atoms with Crippen molar-refractivity contribution in [2.45, 2.75) is 67.0 Å². The van der Waals surface area contributed by atoms with Gasteiger partial charge in [0.1, 0.15) is 0 Å². The van der Waals surface area contributed by atoms with Crippen molar-refractivity contribution in [1.82, 2.24) is 29.1 Å². The summed E-state index contributed by atoms with van der Waals surface area (Å²) >= 11 is 0. The second-order valence-electron chi connectivity index (χ2n) is 8.18. The van der Waals surface area contributed by atoms with Gasteiger partial charge in [-0.25, -0.2) is 15.0 Å². The molecule has 0 saturated heterocycles. The fourth-order valence-corrected chi connectivity index (χ4v) is 3.93. The summed E-state index contributed by atoms with van der Waals surface area (Å²) in [6, 6.07) is 9.06. The molecule has 1 aliphatic rings. The molecule has 0 spiro atoms. The van der Waals surface area contributed by atoms with Crippen LogP contribution in [0.25, 0.3) is 22.8 Å². The topological polar surface area (TPSA) is 96.7 Å². The molecular formula is C28H38N7OY-. The summed E-state index contributed by atoms with van der Waals surface area (Å²) in [5.41, 5.74) is 9.93. The van der Waals surface area contributed by atoms with Crippen molar-refractivity contribution in [3.63, 3.8) is 0 Å². The van der Waals surface area contributed by atoms with E-state index in [-0.39, 0.29) is 32.7 Å². The Morgan fingerprint density at radius 1 is 1.08 bits per heavy atom. The first-order valence-corrected chi connectivity index (χ1v) is 12.8. The van der Waals surface area contributed by atoms with Crippen LogP contribution in [-0.4, -0.2) is 35.7 Å². The fraction of sp³-hybridized carbons (Fsp3) is 0.393. The Kier molecular flexibility index (Phi) is 12.9. The number of nitrogens with zero attached hydrogens (tertiary/aromatic N) is 6. The van der Waals surface area contributed by atoms with E-state index in [4.69, 9.17) is 15.5 Å². The number of anilines is 1. The molecule has 2 N–H and O–H groups in total. The van der Waals surface area contributed by atoms with Gasteiger partial charge >= 0.3 is 0 Å².